The number of hydrogen-bond acceptors (Lipinski definition) is 3. The van der Waals surface area contributed by atoms with E-state index in [1.165, 1.54) is 11.1 Å². The van der Waals surface area contributed by atoms with E-state index >= 15 is 0 Å². The average Bonchev–Trinajstić information content (AvgIpc) is 2.39. The van der Waals surface area contributed by atoms with Gasteiger partial charge in [-0.25, -0.2) is 0 Å². The fraction of sp³-hybridized carbons (Fsp3) is 0.500. The Morgan fingerprint density at radius 3 is 2.41 bits per heavy atom. The lowest BCUT2D eigenvalue weighted by Crippen LogP contribution is -2.35. The van der Waals surface area contributed by atoms with Crippen LogP contribution in [-0.2, 0) is 17.7 Å². The van der Waals surface area contributed by atoms with Crippen molar-refractivity contribution in [1.29, 1.82) is 5.26 Å². The summed E-state index contributed by atoms with van der Waals surface area (Å²) >= 11 is 0. The first-order chi connectivity index (χ1) is 8.38. The largest absolute Gasteiger partial charge is 0.379 e. The van der Waals surface area contributed by atoms with E-state index in [0.717, 1.165) is 39.3 Å². The summed E-state index contributed by atoms with van der Waals surface area (Å²) in [6.07, 6.45) is 1.46. The molecule has 0 N–H and O–H groups in total. The predicted octanol–water partition coefficient (Wildman–Crippen LogP) is 1.97. The van der Waals surface area contributed by atoms with Gasteiger partial charge in [-0.05, 0) is 17.5 Å². The maximum Gasteiger partial charge on any atom is 0.0625 e. The Hall–Kier alpha value is -1.37. The molecule has 0 atom stereocenters. The van der Waals surface area contributed by atoms with Gasteiger partial charge in [-0.2, -0.15) is 5.26 Å². The van der Waals surface area contributed by atoms with Crippen LogP contribution in [0.5, 0.6) is 0 Å². The Morgan fingerprint density at radius 1 is 1.12 bits per heavy atom. The van der Waals surface area contributed by atoms with Gasteiger partial charge >= 0.3 is 0 Å². The molecule has 3 nitrogen and oxygen atoms in total. The third-order valence-electron chi connectivity index (χ3n) is 3.06. The highest BCUT2D eigenvalue weighted by atomic mass is 16.5. The topological polar surface area (TPSA) is 36.3 Å². The third kappa shape index (κ3) is 3.85. The van der Waals surface area contributed by atoms with Crippen molar-refractivity contribution in [1.82, 2.24) is 4.90 Å². The molecule has 0 unspecified atom stereocenters. The number of rotatable bonds is 4. The molecule has 17 heavy (non-hydrogen) atoms. The zero-order valence-electron chi connectivity index (χ0n) is 10.1. The van der Waals surface area contributed by atoms with Crippen molar-refractivity contribution < 1.29 is 4.74 Å². The van der Waals surface area contributed by atoms with E-state index in [4.69, 9.17) is 10.00 Å². The molecular weight excluding hydrogens is 212 g/mol. The van der Waals surface area contributed by atoms with Crippen molar-refractivity contribution in [2.24, 2.45) is 0 Å². The summed E-state index contributed by atoms with van der Waals surface area (Å²) in [4.78, 5) is 2.41. The molecule has 0 aliphatic carbocycles. The van der Waals surface area contributed by atoms with Gasteiger partial charge in [0, 0.05) is 26.1 Å². The first-order valence-electron chi connectivity index (χ1n) is 6.13. The lowest BCUT2D eigenvalue weighted by atomic mass is 10.1. The van der Waals surface area contributed by atoms with E-state index in [0.29, 0.717) is 6.42 Å². The normalized spacial score (nSPS) is 16.6. The van der Waals surface area contributed by atoms with Crippen LogP contribution >= 0.6 is 0 Å². The minimum atomic E-state index is 0.600. The van der Waals surface area contributed by atoms with Crippen LogP contribution in [0.2, 0.25) is 0 Å². The van der Waals surface area contributed by atoms with E-state index in [1.807, 2.05) is 0 Å². The van der Waals surface area contributed by atoms with Crippen LogP contribution < -0.4 is 0 Å². The molecular formula is C14H18N2O. The molecule has 1 aliphatic heterocycles. The van der Waals surface area contributed by atoms with E-state index in [2.05, 4.69) is 35.2 Å². The van der Waals surface area contributed by atoms with Gasteiger partial charge in [-0.1, -0.05) is 24.3 Å². The molecule has 1 aromatic rings. The monoisotopic (exact) mass is 230 g/mol. The smallest absolute Gasteiger partial charge is 0.0625 e. The van der Waals surface area contributed by atoms with Crippen LogP contribution in [0.4, 0.5) is 0 Å². The summed E-state index contributed by atoms with van der Waals surface area (Å²) in [5.41, 5.74) is 2.59. The highest BCUT2D eigenvalue weighted by molar-refractivity contribution is 5.23. The Balaban J connectivity index is 1.86. The summed E-state index contributed by atoms with van der Waals surface area (Å²) in [5.74, 6) is 0. The van der Waals surface area contributed by atoms with Gasteiger partial charge in [0.25, 0.3) is 0 Å². The molecule has 0 saturated carbocycles. The zero-order valence-corrected chi connectivity index (χ0v) is 10.1. The number of benzene rings is 1. The van der Waals surface area contributed by atoms with Crippen LogP contribution in [0, 0.1) is 11.3 Å². The maximum absolute atomic E-state index is 8.53. The van der Waals surface area contributed by atoms with E-state index in [9.17, 15) is 0 Å². The Kier molecular flexibility index (Phi) is 4.54. The van der Waals surface area contributed by atoms with Crippen molar-refractivity contribution in [3.63, 3.8) is 0 Å². The lowest BCUT2D eigenvalue weighted by Gasteiger charge is -2.26. The van der Waals surface area contributed by atoms with E-state index in [1.54, 1.807) is 0 Å². The van der Waals surface area contributed by atoms with Crippen LogP contribution in [0.1, 0.15) is 17.5 Å². The molecule has 0 bridgehead atoms. The third-order valence-corrected chi connectivity index (χ3v) is 3.06. The van der Waals surface area contributed by atoms with Gasteiger partial charge in [0.15, 0.2) is 0 Å². The molecule has 3 heteroatoms. The number of aryl methyl sites for hydroxylation is 1. The molecule has 0 amide bonds. The van der Waals surface area contributed by atoms with Gasteiger partial charge in [0.05, 0.1) is 19.3 Å². The van der Waals surface area contributed by atoms with Crippen molar-refractivity contribution in [2.45, 2.75) is 19.4 Å². The Labute approximate surface area is 103 Å². The van der Waals surface area contributed by atoms with Crippen LogP contribution in [0.15, 0.2) is 24.3 Å². The summed E-state index contributed by atoms with van der Waals surface area (Å²) in [7, 11) is 0. The first kappa shape index (κ1) is 12.1. The number of morpholine rings is 1. The number of ether oxygens (including phenoxy) is 1. The molecule has 90 valence electrons. The van der Waals surface area contributed by atoms with Gasteiger partial charge in [-0.3, -0.25) is 4.90 Å². The highest BCUT2D eigenvalue weighted by Crippen LogP contribution is 2.10. The Bertz CT molecular complexity index is 374. The Morgan fingerprint density at radius 2 is 1.76 bits per heavy atom. The maximum atomic E-state index is 8.53. The standard InChI is InChI=1S/C14H18N2O/c15-7-1-2-13-3-5-14(6-4-13)12-16-8-10-17-11-9-16/h3-6H,1-2,8-12H2. The second-order valence-electron chi connectivity index (χ2n) is 4.36. The fourth-order valence-electron chi connectivity index (χ4n) is 2.03. The number of nitriles is 1. The van der Waals surface area contributed by atoms with E-state index in [-0.39, 0.29) is 0 Å². The summed E-state index contributed by atoms with van der Waals surface area (Å²) in [5, 5.41) is 8.53. The van der Waals surface area contributed by atoms with Crippen LogP contribution in [0.3, 0.4) is 0 Å². The van der Waals surface area contributed by atoms with Crippen molar-refractivity contribution in [2.75, 3.05) is 26.3 Å². The molecule has 0 aromatic heterocycles. The fourth-order valence-corrected chi connectivity index (χ4v) is 2.03. The predicted molar refractivity (Wildman–Crippen MR) is 66.5 cm³/mol. The molecule has 1 saturated heterocycles. The minimum absolute atomic E-state index is 0.600. The highest BCUT2D eigenvalue weighted by Gasteiger charge is 2.10. The summed E-state index contributed by atoms with van der Waals surface area (Å²) in [6, 6.07) is 10.8. The molecule has 1 heterocycles. The number of hydrogen-bond donors (Lipinski definition) is 0. The minimum Gasteiger partial charge on any atom is -0.379 e. The van der Waals surface area contributed by atoms with Gasteiger partial charge < -0.3 is 4.74 Å². The first-order valence-corrected chi connectivity index (χ1v) is 6.13. The van der Waals surface area contributed by atoms with Crippen LogP contribution in [0.25, 0.3) is 0 Å². The number of nitrogens with zero attached hydrogens (tertiary/aromatic N) is 2. The molecule has 1 fully saturated rings. The lowest BCUT2D eigenvalue weighted by molar-refractivity contribution is 0.0342. The summed E-state index contributed by atoms with van der Waals surface area (Å²) < 4.78 is 5.33. The van der Waals surface area contributed by atoms with Crippen molar-refractivity contribution >= 4 is 0 Å². The second kappa shape index (κ2) is 6.39. The molecule has 0 radical (unpaired) electrons. The average molecular weight is 230 g/mol. The molecule has 0 spiro atoms. The van der Waals surface area contributed by atoms with Gasteiger partial charge in [0.2, 0.25) is 0 Å². The van der Waals surface area contributed by atoms with Gasteiger partial charge in [-0.15, -0.1) is 0 Å². The van der Waals surface area contributed by atoms with Crippen molar-refractivity contribution in [3.8, 4) is 6.07 Å². The SMILES string of the molecule is N#CCCc1ccc(CN2CCOCC2)cc1. The zero-order chi connectivity index (χ0) is 11.9. The van der Waals surface area contributed by atoms with Gasteiger partial charge in [0.1, 0.15) is 0 Å². The van der Waals surface area contributed by atoms with Crippen LogP contribution in [-0.4, -0.2) is 31.2 Å². The van der Waals surface area contributed by atoms with E-state index < -0.39 is 0 Å². The molecule has 2 rings (SSSR count). The van der Waals surface area contributed by atoms with Crippen molar-refractivity contribution in [3.05, 3.63) is 35.4 Å². The molecule has 1 aromatic carbocycles. The summed E-state index contributed by atoms with van der Waals surface area (Å²) in [6.45, 7) is 4.74. The molecule has 1 aliphatic rings. The quantitative estimate of drug-likeness (QED) is 0.793. The second-order valence-corrected chi connectivity index (χ2v) is 4.36.